The van der Waals surface area contributed by atoms with Crippen molar-refractivity contribution in [1.29, 1.82) is 0 Å². The number of aliphatic carboxylic acids is 1. The molecule has 1 N–H and O–H groups in total. The molecule has 0 aliphatic carbocycles. The van der Waals surface area contributed by atoms with E-state index in [-0.39, 0.29) is 5.57 Å². The Hall–Kier alpha value is -0.860. The van der Waals surface area contributed by atoms with E-state index in [0.29, 0.717) is 0 Å². The number of allylic oxidation sites excluding steroid dienone is 1. The van der Waals surface area contributed by atoms with E-state index in [1.165, 1.54) is 6.92 Å². The molecule has 0 aromatic heterocycles. The van der Waals surface area contributed by atoms with Gasteiger partial charge in [-0.1, -0.05) is 5.57 Å². The third-order valence-electron chi connectivity index (χ3n) is 1.39. The highest BCUT2D eigenvalue weighted by molar-refractivity contribution is 5.75. The molecule has 0 saturated heterocycles. The highest BCUT2D eigenvalue weighted by atomic mass is 19.1. The predicted molar refractivity (Wildman–Crippen MR) is 36.6 cm³/mol. The van der Waals surface area contributed by atoms with Crippen LogP contribution < -0.4 is 0 Å². The minimum absolute atomic E-state index is 0.285. The van der Waals surface area contributed by atoms with E-state index in [0.717, 1.165) is 5.57 Å². The van der Waals surface area contributed by atoms with E-state index < -0.39 is 12.1 Å². The van der Waals surface area contributed by atoms with Crippen molar-refractivity contribution in [3.63, 3.8) is 0 Å². The standard InChI is InChI=1S/C7H11FO2/c1-4(2)5(3)6(8)7(9)10/h6H,1-3H3,(H,9,10). The van der Waals surface area contributed by atoms with E-state index in [1.54, 1.807) is 13.8 Å². The topological polar surface area (TPSA) is 37.3 Å². The Morgan fingerprint density at radius 2 is 1.80 bits per heavy atom. The lowest BCUT2D eigenvalue weighted by Gasteiger charge is -2.04. The minimum atomic E-state index is -1.84. The maximum atomic E-state index is 12.5. The molecule has 3 heteroatoms. The molecule has 10 heavy (non-hydrogen) atoms. The summed E-state index contributed by atoms with van der Waals surface area (Å²) < 4.78 is 12.5. The fraction of sp³-hybridized carbons (Fsp3) is 0.571. The maximum absolute atomic E-state index is 12.5. The molecular weight excluding hydrogens is 135 g/mol. The van der Waals surface area contributed by atoms with Gasteiger partial charge in [-0.25, -0.2) is 9.18 Å². The van der Waals surface area contributed by atoms with E-state index in [4.69, 9.17) is 5.11 Å². The maximum Gasteiger partial charge on any atom is 0.342 e. The number of alkyl halides is 1. The van der Waals surface area contributed by atoms with Crippen LogP contribution >= 0.6 is 0 Å². The first-order valence-electron chi connectivity index (χ1n) is 2.97. The largest absolute Gasteiger partial charge is 0.479 e. The first-order chi connectivity index (χ1) is 4.46. The van der Waals surface area contributed by atoms with Crippen molar-refractivity contribution in [2.45, 2.75) is 26.9 Å². The van der Waals surface area contributed by atoms with Crippen molar-refractivity contribution in [3.05, 3.63) is 11.1 Å². The van der Waals surface area contributed by atoms with E-state index in [1.807, 2.05) is 0 Å². The molecule has 58 valence electrons. The van der Waals surface area contributed by atoms with E-state index in [9.17, 15) is 9.18 Å². The fourth-order valence-corrected chi connectivity index (χ4v) is 0.439. The van der Waals surface area contributed by atoms with Crippen molar-refractivity contribution in [1.82, 2.24) is 0 Å². The van der Waals surface area contributed by atoms with Crippen LogP contribution in [-0.2, 0) is 4.79 Å². The number of hydrogen-bond donors (Lipinski definition) is 1. The molecule has 0 aliphatic heterocycles. The predicted octanol–water partition coefficient (Wildman–Crippen LogP) is 1.77. The van der Waals surface area contributed by atoms with Crippen LogP contribution in [0.5, 0.6) is 0 Å². The average Bonchev–Trinajstić information content (AvgIpc) is 1.84. The number of hydrogen-bond acceptors (Lipinski definition) is 1. The summed E-state index contributed by atoms with van der Waals surface area (Å²) in [5, 5.41) is 8.19. The molecule has 0 saturated carbocycles. The molecule has 0 spiro atoms. The second-order valence-corrected chi connectivity index (χ2v) is 2.38. The van der Waals surface area contributed by atoms with E-state index >= 15 is 0 Å². The molecular formula is C7H11FO2. The summed E-state index contributed by atoms with van der Waals surface area (Å²) >= 11 is 0. The summed E-state index contributed by atoms with van der Waals surface area (Å²) in [6.07, 6.45) is -1.84. The molecule has 0 radical (unpaired) electrons. The highest BCUT2D eigenvalue weighted by Crippen LogP contribution is 2.10. The zero-order valence-electron chi connectivity index (χ0n) is 6.31. The number of carbonyl (C=O) groups is 1. The minimum Gasteiger partial charge on any atom is -0.479 e. The summed E-state index contributed by atoms with van der Waals surface area (Å²) in [5.74, 6) is -1.42. The Morgan fingerprint density at radius 1 is 1.40 bits per heavy atom. The van der Waals surface area contributed by atoms with Crippen molar-refractivity contribution >= 4 is 5.97 Å². The zero-order valence-corrected chi connectivity index (χ0v) is 6.31. The van der Waals surface area contributed by atoms with Gasteiger partial charge in [-0.2, -0.15) is 0 Å². The molecule has 0 amide bonds. The fourth-order valence-electron chi connectivity index (χ4n) is 0.439. The number of carboxylic acid groups (broad SMARTS) is 1. The first kappa shape index (κ1) is 9.14. The molecule has 0 aromatic carbocycles. The highest BCUT2D eigenvalue weighted by Gasteiger charge is 2.17. The average molecular weight is 146 g/mol. The van der Waals surface area contributed by atoms with Crippen molar-refractivity contribution in [3.8, 4) is 0 Å². The van der Waals surface area contributed by atoms with Crippen molar-refractivity contribution in [2.24, 2.45) is 0 Å². The lowest BCUT2D eigenvalue weighted by Crippen LogP contribution is -2.16. The van der Waals surface area contributed by atoms with Crippen LogP contribution in [0.15, 0.2) is 11.1 Å². The normalized spacial score (nSPS) is 12.4. The van der Waals surface area contributed by atoms with Crippen LogP contribution in [0.2, 0.25) is 0 Å². The summed E-state index contributed by atoms with van der Waals surface area (Å²) in [6.45, 7) is 4.85. The van der Waals surface area contributed by atoms with Gasteiger partial charge in [0.2, 0.25) is 6.17 Å². The Kier molecular flexibility index (Phi) is 3.06. The van der Waals surface area contributed by atoms with Gasteiger partial charge < -0.3 is 5.11 Å². The van der Waals surface area contributed by atoms with Crippen LogP contribution in [0.3, 0.4) is 0 Å². The van der Waals surface area contributed by atoms with Gasteiger partial charge in [-0.15, -0.1) is 0 Å². The molecule has 0 fully saturated rings. The third kappa shape index (κ3) is 2.17. The summed E-state index contributed by atoms with van der Waals surface area (Å²) in [4.78, 5) is 10.0. The Bertz CT molecular complexity index is 168. The second-order valence-electron chi connectivity index (χ2n) is 2.38. The van der Waals surface area contributed by atoms with Gasteiger partial charge in [0.15, 0.2) is 0 Å². The molecule has 2 nitrogen and oxygen atoms in total. The summed E-state index contributed by atoms with van der Waals surface area (Å²) in [5.41, 5.74) is 1.00. The lowest BCUT2D eigenvalue weighted by molar-refractivity contribution is -0.141. The monoisotopic (exact) mass is 146 g/mol. The van der Waals surface area contributed by atoms with Gasteiger partial charge in [-0.3, -0.25) is 0 Å². The molecule has 1 atom stereocenters. The smallest absolute Gasteiger partial charge is 0.342 e. The van der Waals surface area contributed by atoms with Crippen LogP contribution in [0.25, 0.3) is 0 Å². The lowest BCUT2D eigenvalue weighted by atomic mass is 10.1. The van der Waals surface area contributed by atoms with Gasteiger partial charge in [0.05, 0.1) is 0 Å². The Morgan fingerprint density at radius 3 is 1.90 bits per heavy atom. The molecule has 0 aliphatic rings. The van der Waals surface area contributed by atoms with Crippen molar-refractivity contribution in [2.75, 3.05) is 0 Å². The van der Waals surface area contributed by atoms with Crippen LogP contribution in [-0.4, -0.2) is 17.2 Å². The second kappa shape index (κ2) is 3.34. The van der Waals surface area contributed by atoms with Gasteiger partial charge in [0, 0.05) is 0 Å². The molecule has 1 unspecified atom stereocenters. The third-order valence-corrected chi connectivity index (χ3v) is 1.39. The van der Waals surface area contributed by atoms with E-state index in [2.05, 4.69) is 0 Å². The Labute approximate surface area is 59.4 Å². The van der Waals surface area contributed by atoms with Crippen LogP contribution in [0, 0.1) is 0 Å². The zero-order chi connectivity index (χ0) is 8.31. The van der Waals surface area contributed by atoms with Crippen LogP contribution in [0.1, 0.15) is 20.8 Å². The van der Waals surface area contributed by atoms with Crippen LogP contribution in [0.4, 0.5) is 4.39 Å². The van der Waals surface area contributed by atoms with Gasteiger partial charge in [0.25, 0.3) is 0 Å². The molecule has 0 heterocycles. The summed E-state index contributed by atoms with van der Waals surface area (Å²) in [7, 11) is 0. The Balaban J connectivity index is 4.37. The number of rotatable bonds is 2. The van der Waals surface area contributed by atoms with Gasteiger partial charge >= 0.3 is 5.97 Å². The number of carboxylic acids is 1. The summed E-state index contributed by atoms with van der Waals surface area (Å²) in [6, 6.07) is 0. The molecule has 0 rings (SSSR count). The van der Waals surface area contributed by atoms with Gasteiger partial charge in [0.1, 0.15) is 0 Å². The first-order valence-corrected chi connectivity index (χ1v) is 2.97. The van der Waals surface area contributed by atoms with Gasteiger partial charge in [-0.05, 0) is 26.3 Å². The molecule has 0 aromatic rings. The molecule has 0 bridgehead atoms. The SMILES string of the molecule is CC(C)=C(C)C(F)C(=O)O. The quantitative estimate of drug-likeness (QED) is 0.603. The number of halogens is 1. The van der Waals surface area contributed by atoms with Crippen molar-refractivity contribution < 1.29 is 14.3 Å².